The van der Waals surface area contributed by atoms with Gasteiger partial charge in [0.15, 0.2) is 0 Å². The number of nitrogens with one attached hydrogen (secondary N) is 1. The van der Waals surface area contributed by atoms with Crippen molar-refractivity contribution in [2.24, 2.45) is 5.92 Å². The Morgan fingerprint density at radius 2 is 2.16 bits per heavy atom. The van der Waals surface area contributed by atoms with Gasteiger partial charge in [-0.25, -0.2) is 0 Å². The van der Waals surface area contributed by atoms with Crippen LogP contribution >= 0.6 is 11.8 Å². The number of carbonyl (C=O) groups is 1. The van der Waals surface area contributed by atoms with E-state index in [-0.39, 0.29) is 12.0 Å². The maximum atomic E-state index is 11.7. The maximum Gasteiger partial charge on any atom is 0.230 e. The molecule has 3 nitrogen and oxygen atoms in total. The quantitative estimate of drug-likeness (QED) is 0.813. The molecule has 1 aromatic rings. The van der Waals surface area contributed by atoms with Gasteiger partial charge < -0.3 is 10.4 Å². The fourth-order valence-electron chi connectivity index (χ4n) is 2.18. The molecule has 1 fully saturated rings. The molecule has 1 amide bonds. The summed E-state index contributed by atoms with van der Waals surface area (Å²) in [6, 6.07) is 6.29. The summed E-state index contributed by atoms with van der Waals surface area (Å²) in [5.41, 5.74) is 2.43. The highest BCUT2D eigenvalue weighted by atomic mass is 32.2. The molecular weight excluding hydrogens is 258 g/mol. The fraction of sp³-hybridized carbons (Fsp3) is 0.533. The third kappa shape index (κ3) is 4.25. The summed E-state index contributed by atoms with van der Waals surface area (Å²) in [5.74, 6) is 0.997. The minimum atomic E-state index is -0.147. The van der Waals surface area contributed by atoms with Crippen LogP contribution < -0.4 is 5.32 Å². The number of benzene rings is 1. The van der Waals surface area contributed by atoms with Crippen molar-refractivity contribution in [1.82, 2.24) is 5.32 Å². The van der Waals surface area contributed by atoms with E-state index in [1.54, 1.807) is 11.8 Å². The molecule has 0 saturated heterocycles. The van der Waals surface area contributed by atoms with Crippen LogP contribution in [0.4, 0.5) is 0 Å². The predicted molar refractivity (Wildman–Crippen MR) is 78.4 cm³/mol. The van der Waals surface area contributed by atoms with Gasteiger partial charge >= 0.3 is 0 Å². The van der Waals surface area contributed by atoms with Crippen LogP contribution in [0.1, 0.15) is 24.0 Å². The topological polar surface area (TPSA) is 49.3 Å². The molecule has 4 heteroatoms. The summed E-state index contributed by atoms with van der Waals surface area (Å²) >= 11 is 1.59. The van der Waals surface area contributed by atoms with E-state index in [2.05, 4.69) is 37.4 Å². The van der Waals surface area contributed by atoms with Crippen LogP contribution in [0, 0.1) is 19.8 Å². The first kappa shape index (κ1) is 14.4. The van der Waals surface area contributed by atoms with E-state index in [4.69, 9.17) is 0 Å². The van der Waals surface area contributed by atoms with Crippen LogP contribution in [-0.2, 0) is 4.79 Å². The first-order valence-electron chi connectivity index (χ1n) is 6.69. The summed E-state index contributed by atoms with van der Waals surface area (Å²) in [6.07, 6.45) is 1.50. The molecule has 0 unspecified atom stereocenters. The Hall–Kier alpha value is -1.00. The molecule has 104 valence electrons. The van der Waals surface area contributed by atoms with Crippen molar-refractivity contribution in [3.05, 3.63) is 29.3 Å². The normalized spacial score (nSPS) is 21.8. The Labute approximate surface area is 118 Å². The summed E-state index contributed by atoms with van der Waals surface area (Å²) in [6.45, 7) is 4.82. The predicted octanol–water partition coefficient (Wildman–Crippen LogP) is 2.28. The van der Waals surface area contributed by atoms with Gasteiger partial charge in [-0.15, -0.1) is 11.8 Å². The molecule has 1 saturated carbocycles. The van der Waals surface area contributed by atoms with Gasteiger partial charge in [-0.1, -0.05) is 17.7 Å². The molecular formula is C15H21NO2S. The Kier molecular flexibility index (Phi) is 4.88. The van der Waals surface area contributed by atoms with E-state index in [1.165, 1.54) is 16.0 Å². The number of hydrogen-bond donors (Lipinski definition) is 2. The summed E-state index contributed by atoms with van der Waals surface area (Å²) in [7, 11) is 0. The van der Waals surface area contributed by atoms with Gasteiger partial charge in [-0.3, -0.25) is 4.79 Å². The molecule has 0 aliphatic heterocycles. The third-order valence-corrected chi connectivity index (χ3v) is 4.66. The third-order valence-electron chi connectivity index (χ3n) is 3.50. The number of aliphatic hydroxyl groups is 1. The average molecular weight is 279 g/mol. The van der Waals surface area contributed by atoms with Gasteiger partial charge in [-0.05, 0) is 44.2 Å². The summed E-state index contributed by atoms with van der Waals surface area (Å²) < 4.78 is 0. The zero-order chi connectivity index (χ0) is 13.8. The van der Waals surface area contributed by atoms with E-state index in [9.17, 15) is 9.90 Å². The van der Waals surface area contributed by atoms with Gasteiger partial charge in [0.25, 0.3) is 0 Å². The molecule has 1 aliphatic carbocycles. The van der Waals surface area contributed by atoms with Crippen molar-refractivity contribution in [2.75, 3.05) is 12.3 Å². The van der Waals surface area contributed by atoms with Gasteiger partial charge in [0.2, 0.25) is 5.91 Å². The summed E-state index contributed by atoms with van der Waals surface area (Å²) in [4.78, 5) is 12.9. The summed E-state index contributed by atoms with van der Waals surface area (Å²) in [5, 5.41) is 12.1. The Morgan fingerprint density at radius 1 is 1.42 bits per heavy atom. The lowest BCUT2D eigenvalue weighted by atomic mass is 9.82. The van der Waals surface area contributed by atoms with E-state index >= 15 is 0 Å². The monoisotopic (exact) mass is 279 g/mol. The van der Waals surface area contributed by atoms with Crippen molar-refractivity contribution in [3.8, 4) is 0 Å². The maximum absolute atomic E-state index is 11.7. The average Bonchev–Trinajstić information content (AvgIpc) is 2.34. The number of carbonyl (C=O) groups excluding carboxylic acids is 1. The van der Waals surface area contributed by atoms with Gasteiger partial charge in [-0.2, -0.15) is 0 Å². The highest BCUT2D eigenvalue weighted by Crippen LogP contribution is 2.26. The van der Waals surface area contributed by atoms with Crippen LogP contribution in [0.3, 0.4) is 0 Å². The molecule has 0 aromatic heterocycles. The van der Waals surface area contributed by atoms with Crippen molar-refractivity contribution >= 4 is 17.7 Å². The second kappa shape index (κ2) is 6.44. The number of hydrogen-bond acceptors (Lipinski definition) is 3. The SMILES string of the molecule is Cc1ccc(C)c(SCC(=O)NCC2CC(O)C2)c1. The lowest BCUT2D eigenvalue weighted by Crippen LogP contribution is -2.38. The molecule has 0 atom stereocenters. The van der Waals surface area contributed by atoms with E-state index in [0.29, 0.717) is 18.2 Å². The Morgan fingerprint density at radius 3 is 2.84 bits per heavy atom. The smallest absolute Gasteiger partial charge is 0.230 e. The molecule has 2 rings (SSSR count). The molecule has 1 aromatic carbocycles. The van der Waals surface area contributed by atoms with Crippen molar-refractivity contribution in [3.63, 3.8) is 0 Å². The van der Waals surface area contributed by atoms with Crippen LogP contribution in [0.15, 0.2) is 23.1 Å². The zero-order valence-electron chi connectivity index (χ0n) is 11.5. The lowest BCUT2D eigenvalue weighted by molar-refractivity contribution is -0.119. The van der Waals surface area contributed by atoms with Crippen molar-refractivity contribution in [1.29, 1.82) is 0 Å². The molecule has 0 radical (unpaired) electrons. The van der Waals surface area contributed by atoms with Crippen molar-refractivity contribution < 1.29 is 9.90 Å². The number of aliphatic hydroxyl groups excluding tert-OH is 1. The molecule has 19 heavy (non-hydrogen) atoms. The van der Waals surface area contributed by atoms with Gasteiger partial charge in [0.05, 0.1) is 11.9 Å². The largest absolute Gasteiger partial charge is 0.393 e. The Balaban J connectivity index is 1.72. The first-order chi connectivity index (χ1) is 9.04. The number of rotatable bonds is 5. The number of amides is 1. The molecule has 2 N–H and O–H groups in total. The molecule has 0 heterocycles. The second-order valence-corrected chi connectivity index (χ2v) is 6.37. The van der Waals surface area contributed by atoms with E-state index in [0.717, 1.165) is 12.8 Å². The van der Waals surface area contributed by atoms with E-state index < -0.39 is 0 Å². The highest BCUT2D eigenvalue weighted by Gasteiger charge is 2.27. The molecule has 0 bridgehead atoms. The zero-order valence-corrected chi connectivity index (χ0v) is 12.3. The Bertz CT molecular complexity index is 455. The van der Waals surface area contributed by atoms with Crippen LogP contribution in [-0.4, -0.2) is 29.4 Å². The standard InChI is InChI=1S/C15H21NO2S/c1-10-3-4-11(2)14(5-10)19-9-15(18)16-8-12-6-13(17)7-12/h3-5,12-13,17H,6-9H2,1-2H3,(H,16,18). The lowest BCUT2D eigenvalue weighted by Gasteiger charge is -2.31. The van der Waals surface area contributed by atoms with Crippen LogP contribution in [0.5, 0.6) is 0 Å². The van der Waals surface area contributed by atoms with E-state index in [1.807, 2.05) is 0 Å². The fourth-order valence-corrected chi connectivity index (χ4v) is 3.14. The van der Waals surface area contributed by atoms with Gasteiger partial charge in [0.1, 0.15) is 0 Å². The minimum absolute atomic E-state index is 0.0762. The number of aryl methyl sites for hydroxylation is 2. The molecule has 1 aliphatic rings. The highest BCUT2D eigenvalue weighted by molar-refractivity contribution is 8.00. The van der Waals surface area contributed by atoms with Crippen LogP contribution in [0.2, 0.25) is 0 Å². The first-order valence-corrected chi connectivity index (χ1v) is 7.68. The van der Waals surface area contributed by atoms with Crippen LogP contribution in [0.25, 0.3) is 0 Å². The van der Waals surface area contributed by atoms with Gasteiger partial charge in [0, 0.05) is 11.4 Å². The number of thioether (sulfide) groups is 1. The minimum Gasteiger partial charge on any atom is -0.393 e. The molecule has 0 spiro atoms. The van der Waals surface area contributed by atoms with Crippen molar-refractivity contribution in [2.45, 2.75) is 37.7 Å². The second-order valence-electron chi connectivity index (χ2n) is 5.35.